The van der Waals surface area contributed by atoms with Gasteiger partial charge in [-0.05, 0) is 48.9 Å². The van der Waals surface area contributed by atoms with E-state index < -0.39 is 0 Å². The van der Waals surface area contributed by atoms with E-state index in [1.807, 2.05) is 18.3 Å². The van der Waals surface area contributed by atoms with Gasteiger partial charge in [-0.25, -0.2) is 9.97 Å². The molecule has 1 saturated heterocycles. The highest BCUT2D eigenvalue weighted by Gasteiger charge is 2.26. The Kier molecular flexibility index (Phi) is 4.24. The molecule has 1 aliphatic carbocycles. The first kappa shape index (κ1) is 17.7. The molecule has 0 N–H and O–H groups in total. The van der Waals surface area contributed by atoms with Crippen LogP contribution in [0.3, 0.4) is 0 Å². The lowest BCUT2D eigenvalue weighted by molar-refractivity contribution is 0.249. The van der Waals surface area contributed by atoms with E-state index in [0.29, 0.717) is 0 Å². The van der Waals surface area contributed by atoms with E-state index in [1.54, 1.807) is 4.88 Å². The summed E-state index contributed by atoms with van der Waals surface area (Å²) in [5.74, 6) is 3.15. The lowest BCUT2D eigenvalue weighted by Gasteiger charge is -2.36. The fourth-order valence-corrected chi connectivity index (χ4v) is 6.32. The van der Waals surface area contributed by atoms with Crippen molar-refractivity contribution in [3.63, 3.8) is 0 Å². The summed E-state index contributed by atoms with van der Waals surface area (Å²) in [5.41, 5.74) is 4.30. The van der Waals surface area contributed by atoms with E-state index in [2.05, 4.69) is 28.0 Å². The van der Waals surface area contributed by atoms with Crippen molar-refractivity contribution >= 4 is 27.4 Å². The van der Waals surface area contributed by atoms with E-state index in [1.165, 1.54) is 52.0 Å². The molecule has 3 aromatic rings. The number of hydrogen-bond acceptors (Lipinski definition) is 6. The first-order valence-corrected chi connectivity index (χ1v) is 11.6. The van der Waals surface area contributed by atoms with Crippen LogP contribution in [0.2, 0.25) is 0 Å². The Morgan fingerprint density at radius 2 is 1.97 bits per heavy atom. The number of fused-ring (bicyclic) bond motifs is 4. The topological polar surface area (TPSA) is 41.5 Å². The van der Waals surface area contributed by atoms with Gasteiger partial charge in [-0.15, -0.1) is 11.3 Å². The van der Waals surface area contributed by atoms with Gasteiger partial charge in [-0.3, -0.25) is 4.90 Å². The Hall–Kier alpha value is -2.18. The van der Waals surface area contributed by atoms with E-state index >= 15 is 0 Å². The van der Waals surface area contributed by atoms with Crippen molar-refractivity contribution in [3.8, 4) is 5.75 Å². The second-order valence-corrected chi connectivity index (χ2v) is 9.52. The average Bonchev–Trinajstić information content (AvgIpc) is 3.43. The van der Waals surface area contributed by atoms with Crippen LogP contribution in [0.15, 0.2) is 18.2 Å². The van der Waals surface area contributed by atoms with Crippen molar-refractivity contribution in [2.24, 2.45) is 0 Å². The van der Waals surface area contributed by atoms with Crippen molar-refractivity contribution < 1.29 is 4.74 Å². The van der Waals surface area contributed by atoms with Gasteiger partial charge >= 0.3 is 0 Å². The zero-order chi connectivity index (χ0) is 19.4. The summed E-state index contributed by atoms with van der Waals surface area (Å²) in [6.45, 7) is 8.09. The van der Waals surface area contributed by atoms with Gasteiger partial charge in [0.2, 0.25) is 0 Å². The molecule has 1 aromatic carbocycles. The molecule has 150 valence electrons. The van der Waals surface area contributed by atoms with Gasteiger partial charge in [0.25, 0.3) is 0 Å². The molecule has 0 saturated carbocycles. The monoisotopic (exact) mass is 406 g/mol. The van der Waals surface area contributed by atoms with E-state index in [-0.39, 0.29) is 0 Å². The van der Waals surface area contributed by atoms with Gasteiger partial charge in [0.05, 0.1) is 12.0 Å². The molecule has 6 rings (SSSR count). The van der Waals surface area contributed by atoms with Crippen LogP contribution in [0.1, 0.15) is 33.8 Å². The van der Waals surface area contributed by atoms with Crippen molar-refractivity contribution in [1.29, 1.82) is 0 Å². The van der Waals surface area contributed by atoms with Crippen molar-refractivity contribution in [3.05, 3.63) is 45.6 Å². The summed E-state index contributed by atoms with van der Waals surface area (Å²) in [5, 5.41) is 1.35. The fourth-order valence-electron chi connectivity index (χ4n) is 5.02. The second kappa shape index (κ2) is 6.96. The number of nitrogens with zero attached hydrogens (tertiary/aromatic N) is 4. The number of aromatic nitrogens is 2. The van der Waals surface area contributed by atoms with E-state index in [4.69, 9.17) is 14.7 Å². The second-order valence-electron chi connectivity index (χ2n) is 8.44. The first-order valence-electron chi connectivity index (χ1n) is 10.8. The fraction of sp³-hybridized carbons (Fsp3) is 0.478. The number of anilines is 1. The number of aryl methyl sites for hydroxylation is 3. The number of piperazine rings is 1. The summed E-state index contributed by atoms with van der Waals surface area (Å²) >= 11 is 1.89. The van der Waals surface area contributed by atoms with E-state index in [0.717, 1.165) is 57.3 Å². The van der Waals surface area contributed by atoms with Crippen LogP contribution in [0.4, 0.5) is 5.82 Å². The van der Waals surface area contributed by atoms with E-state index in [9.17, 15) is 0 Å². The number of rotatable bonds is 3. The SMILES string of the molecule is Cc1nc(N2CCN(Cc3ccc4c(c3)CCO4)CC2)c2c3c(sc2n1)CCC3. The molecule has 1 fully saturated rings. The molecule has 2 aliphatic heterocycles. The summed E-state index contributed by atoms with van der Waals surface area (Å²) in [6, 6.07) is 6.70. The number of benzene rings is 1. The first-order chi connectivity index (χ1) is 14.2. The molecule has 0 unspecified atom stereocenters. The van der Waals surface area contributed by atoms with Crippen LogP contribution >= 0.6 is 11.3 Å². The third-order valence-corrected chi connectivity index (χ3v) is 7.67. The van der Waals surface area contributed by atoms with Gasteiger partial charge in [0, 0.05) is 44.0 Å². The lowest BCUT2D eigenvalue weighted by Crippen LogP contribution is -2.46. The minimum Gasteiger partial charge on any atom is -0.493 e. The zero-order valence-corrected chi connectivity index (χ0v) is 17.7. The minimum absolute atomic E-state index is 0.830. The summed E-state index contributed by atoms with van der Waals surface area (Å²) < 4.78 is 5.64. The third kappa shape index (κ3) is 3.09. The normalized spacial score (nSPS) is 18.9. The summed E-state index contributed by atoms with van der Waals surface area (Å²) in [7, 11) is 0. The maximum Gasteiger partial charge on any atom is 0.141 e. The maximum atomic E-state index is 5.64. The largest absolute Gasteiger partial charge is 0.493 e. The Labute approximate surface area is 175 Å². The zero-order valence-electron chi connectivity index (χ0n) is 16.9. The quantitative estimate of drug-likeness (QED) is 0.663. The Bertz CT molecular complexity index is 1080. The van der Waals surface area contributed by atoms with Crippen LogP contribution in [0, 0.1) is 6.92 Å². The molecular weight excluding hydrogens is 380 g/mol. The minimum atomic E-state index is 0.830. The standard InChI is InChI=1S/C23H26N4OS/c1-15-24-22(21-18-3-2-4-20(18)29-23(21)25-15)27-10-8-26(9-11-27)14-16-5-6-19-17(13-16)7-12-28-19/h5-6,13H,2-4,7-12,14H2,1H3. The van der Waals surface area contributed by atoms with Crippen molar-refractivity contribution in [2.45, 2.75) is 39.2 Å². The molecule has 6 heteroatoms. The highest BCUT2D eigenvalue weighted by molar-refractivity contribution is 7.19. The average molecular weight is 407 g/mol. The maximum absolute atomic E-state index is 5.64. The van der Waals surface area contributed by atoms with Gasteiger partial charge in [0.1, 0.15) is 22.2 Å². The molecule has 5 nitrogen and oxygen atoms in total. The smallest absolute Gasteiger partial charge is 0.141 e. The molecule has 0 spiro atoms. The molecule has 4 heterocycles. The molecule has 3 aliphatic rings. The molecule has 0 bridgehead atoms. The van der Waals surface area contributed by atoms with Gasteiger partial charge < -0.3 is 9.64 Å². The molecule has 0 radical (unpaired) electrons. The van der Waals surface area contributed by atoms with Gasteiger partial charge in [-0.2, -0.15) is 0 Å². The highest BCUT2D eigenvalue weighted by Crippen LogP contribution is 2.40. The predicted octanol–water partition coefficient (Wildman–Crippen LogP) is 3.75. The van der Waals surface area contributed by atoms with Gasteiger partial charge in [0.15, 0.2) is 0 Å². The number of hydrogen-bond donors (Lipinski definition) is 0. The number of ether oxygens (including phenoxy) is 1. The summed E-state index contributed by atoms with van der Waals surface area (Å²) in [6.07, 6.45) is 4.74. The Morgan fingerprint density at radius 1 is 1.07 bits per heavy atom. The molecule has 29 heavy (non-hydrogen) atoms. The van der Waals surface area contributed by atoms with Crippen LogP contribution in [-0.4, -0.2) is 47.7 Å². The highest BCUT2D eigenvalue weighted by atomic mass is 32.1. The molecule has 0 atom stereocenters. The Morgan fingerprint density at radius 3 is 2.86 bits per heavy atom. The summed E-state index contributed by atoms with van der Waals surface area (Å²) in [4.78, 5) is 17.5. The van der Waals surface area contributed by atoms with Crippen molar-refractivity contribution in [1.82, 2.24) is 14.9 Å². The molecule has 0 amide bonds. The van der Waals surface area contributed by atoms with Crippen LogP contribution in [0.25, 0.3) is 10.2 Å². The molecule has 2 aromatic heterocycles. The van der Waals surface area contributed by atoms with Crippen molar-refractivity contribution in [2.75, 3.05) is 37.7 Å². The van der Waals surface area contributed by atoms with Gasteiger partial charge in [-0.1, -0.05) is 12.1 Å². The van der Waals surface area contributed by atoms with Crippen LogP contribution < -0.4 is 9.64 Å². The van der Waals surface area contributed by atoms with Crippen LogP contribution in [0.5, 0.6) is 5.75 Å². The lowest BCUT2D eigenvalue weighted by atomic mass is 10.1. The number of thiophene rings is 1. The third-order valence-electron chi connectivity index (χ3n) is 6.49. The van der Waals surface area contributed by atoms with Crippen LogP contribution in [-0.2, 0) is 25.8 Å². The Balaban J connectivity index is 1.20. The predicted molar refractivity (Wildman–Crippen MR) is 117 cm³/mol. The molecular formula is C23H26N4OS.